The average molecular weight is 354 g/mol. The predicted molar refractivity (Wildman–Crippen MR) is 94.6 cm³/mol. The van der Waals surface area contributed by atoms with Gasteiger partial charge in [-0.25, -0.2) is 4.79 Å². The van der Waals surface area contributed by atoms with Gasteiger partial charge in [-0.05, 0) is 24.8 Å². The molecule has 1 unspecified atom stereocenters. The summed E-state index contributed by atoms with van der Waals surface area (Å²) < 4.78 is 5.33. The molecule has 3 heterocycles. The van der Waals surface area contributed by atoms with Gasteiger partial charge in [-0.2, -0.15) is 5.10 Å². The first kappa shape index (κ1) is 16.6. The molecule has 1 atom stereocenters. The van der Waals surface area contributed by atoms with E-state index < -0.39 is 0 Å². The molecule has 2 aliphatic heterocycles. The standard InChI is InChI=1S/C19H22N4O3/c24-18(15-11-20-21-12-15)22-8-6-16(7-9-22)23-17(13-26-19(23)25)10-14-4-2-1-3-5-14/h1-5,11-12,16-17H,6-10,13H2,(H,20,21). The Morgan fingerprint density at radius 3 is 2.69 bits per heavy atom. The Morgan fingerprint density at radius 2 is 2.00 bits per heavy atom. The number of ether oxygens (including phenoxy) is 1. The Kier molecular flexibility index (Phi) is 4.60. The van der Waals surface area contributed by atoms with Crippen molar-refractivity contribution in [3.8, 4) is 0 Å². The molecular weight excluding hydrogens is 332 g/mol. The number of carbonyl (C=O) groups excluding carboxylic acids is 2. The highest BCUT2D eigenvalue weighted by Gasteiger charge is 2.39. The molecule has 26 heavy (non-hydrogen) atoms. The van der Waals surface area contributed by atoms with E-state index in [2.05, 4.69) is 22.3 Å². The van der Waals surface area contributed by atoms with Gasteiger partial charge in [-0.15, -0.1) is 0 Å². The van der Waals surface area contributed by atoms with Crippen molar-refractivity contribution >= 4 is 12.0 Å². The van der Waals surface area contributed by atoms with Crippen LogP contribution in [0, 0.1) is 0 Å². The van der Waals surface area contributed by atoms with Crippen LogP contribution >= 0.6 is 0 Å². The number of cyclic esters (lactones) is 1. The molecule has 0 aliphatic carbocycles. The van der Waals surface area contributed by atoms with Gasteiger partial charge < -0.3 is 9.64 Å². The molecule has 4 rings (SSSR count). The molecule has 2 fully saturated rings. The van der Waals surface area contributed by atoms with E-state index in [0.717, 1.165) is 19.3 Å². The molecule has 0 spiro atoms. The molecule has 0 bridgehead atoms. The molecule has 1 aromatic heterocycles. The van der Waals surface area contributed by atoms with Crippen LogP contribution in [0.15, 0.2) is 42.7 Å². The van der Waals surface area contributed by atoms with Crippen LogP contribution < -0.4 is 0 Å². The van der Waals surface area contributed by atoms with Crippen LogP contribution in [0.25, 0.3) is 0 Å². The predicted octanol–water partition coefficient (Wildman–Crippen LogP) is 2.08. The van der Waals surface area contributed by atoms with Crippen molar-refractivity contribution in [1.82, 2.24) is 20.0 Å². The van der Waals surface area contributed by atoms with Crippen molar-refractivity contribution in [2.75, 3.05) is 19.7 Å². The van der Waals surface area contributed by atoms with Gasteiger partial charge in [0.1, 0.15) is 6.61 Å². The zero-order valence-electron chi connectivity index (χ0n) is 14.5. The fourth-order valence-electron chi connectivity index (χ4n) is 3.86. The van der Waals surface area contributed by atoms with Gasteiger partial charge in [0, 0.05) is 25.3 Å². The maximum absolute atomic E-state index is 12.4. The van der Waals surface area contributed by atoms with Gasteiger partial charge in [0.25, 0.3) is 5.91 Å². The van der Waals surface area contributed by atoms with Gasteiger partial charge in [-0.1, -0.05) is 30.3 Å². The van der Waals surface area contributed by atoms with E-state index in [-0.39, 0.29) is 24.1 Å². The summed E-state index contributed by atoms with van der Waals surface area (Å²) in [6.45, 7) is 1.70. The molecule has 2 saturated heterocycles. The van der Waals surface area contributed by atoms with Gasteiger partial charge in [0.05, 0.1) is 17.8 Å². The summed E-state index contributed by atoms with van der Waals surface area (Å²) in [5.41, 5.74) is 1.78. The number of hydrogen-bond acceptors (Lipinski definition) is 4. The number of hydrogen-bond donors (Lipinski definition) is 1. The Balaban J connectivity index is 1.39. The van der Waals surface area contributed by atoms with Crippen molar-refractivity contribution < 1.29 is 14.3 Å². The molecule has 2 aromatic rings. The zero-order chi connectivity index (χ0) is 17.9. The van der Waals surface area contributed by atoms with E-state index in [4.69, 9.17) is 4.74 Å². The summed E-state index contributed by atoms with van der Waals surface area (Å²) in [5.74, 6) is -0.0120. The number of nitrogens with zero attached hydrogens (tertiary/aromatic N) is 3. The lowest BCUT2D eigenvalue weighted by molar-refractivity contribution is 0.0637. The van der Waals surface area contributed by atoms with Crippen LogP contribution in [-0.4, -0.2) is 63.8 Å². The topological polar surface area (TPSA) is 78.5 Å². The third-order valence-electron chi connectivity index (χ3n) is 5.21. The molecule has 7 heteroatoms. The normalized spacial score (nSPS) is 21.1. The monoisotopic (exact) mass is 354 g/mol. The third kappa shape index (κ3) is 3.29. The van der Waals surface area contributed by atoms with Crippen molar-refractivity contribution in [1.29, 1.82) is 0 Å². The fourth-order valence-corrected chi connectivity index (χ4v) is 3.86. The lowest BCUT2D eigenvalue weighted by atomic mass is 9.99. The van der Waals surface area contributed by atoms with E-state index in [1.807, 2.05) is 28.0 Å². The van der Waals surface area contributed by atoms with Crippen molar-refractivity contribution in [3.05, 3.63) is 53.9 Å². The Bertz CT molecular complexity index is 754. The largest absolute Gasteiger partial charge is 0.447 e. The minimum absolute atomic E-state index is 0.0120. The van der Waals surface area contributed by atoms with E-state index in [1.54, 1.807) is 12.4 Å². The second kappa shape index (κ2) is 7.19. The van der Waals surface area contributed by atoms with E-state index >= 15 is 0 Å². The summed E-state index contributed by atoms with van der Waals surface area (Å²) in [6.07, 6.45) is 5.25. The van der Waals surface area contributed by atoms with Crippen molar-refractivity contribution in [3.63, 3.8) is 0 Å². The second-order valence-corrected chi connectivity index (χ2v) is 6.84. The fraction of sp³-hybridized carbons (Fsp3) is 0.421. The van der Waals surface area contributed by atoms with Crippen molar-refractivity contribution in [2.45, 2.75) is 31.3 Å². The smallest absolute Gasteiger partial charge is 0.410 e. The van der Waals surface area contributed by atoms with Crippen LogP contribution in [0.1, 0.15) is 28.8 Å². The first-order chi connectivity index (χ1) is 12.7. The number of rotatable bonds is 4. The van der Waals surface area contributed by atoms with Crippen LogP contribution in [0.5, 0.6) is 0 Å². The van der Waals surface area contributed by atoms with Crippen LogP contribution in [-0.2, 0) is 11.2 Å². The minimum Gasteiger partial charge on any atom is -0.447 e. The summed E-state index contributed by atoms with van der Waals surface area (Å²) in [6, 6.07) is 10.3. The highest BCUT2D eigenvalue weighted by Crippen LogP contribution is 2.26. The quantitative estimate of drug-likeness (QED) is 0.912. The minimum atomic E-state index is -0.231. The SMILES string of the molecule is O=C(c1cn[nH]c1)N1CCC(N2C(=O)OCC2Cc2ccccc2)CC1. The van der Waals surface area contributed by atoms with Crippen molar-refractivity contribution in [2.24, 2.45) is 0 Å². The molecule has 136 valence electrons. The summed E-state index contributed by atoms with van der Waals surface area (Å²) in [7, 11) is 0. The zero-order valence-corrected chi connectivity index (χ0v) is 14.5. The lowest BCUT2D eigenvalue weighted by Crippen LogP contribution is -2.50. The number of benzene rings is 1. The Hall–Kier alpha value is -2.83. The number of nitrogens with one attached hydrogen (secondary N) is 1. The maximum atomic E-state index is 12.4. The lowest BCUT2D eigenvalue weighted by Gasteiger charge is -2.37. The summed E-state index contributed by atoms with van der Waals surface area (Å²) >= 11 is 0. The molecule has 2 amide bonds. The number of carbonyl (C=O) groups is 2. The average Bonchev–Trinajstić information content (AvgIpc) is 3.33. The number of H-pyrrole nitrogens is 1. The Morgan fingerprint density at radius 1 is 1.23 bits per heavy atom. The third-order valence-corrected chi connectivity index (χ3v) is 5.21. The van der Waals surface area contributed by atoms with Crippen LogP contribution in [0.3, 0.4) is 0 Å². The molecule has 0 saturated carbocycles. The molecule has 2 aliphatic rings. The molecule has 7 nitrogen and oxygen atoms in total. The van der Waals surface area contributed by atoms with Gasteiger partial charge >= 0.3 is 6.09 Å². The number of amides is 2. The first-order valence-electron chi connectivity index (χ1n) is 8.99. The van der Waals surface area contributed by atoms with E-state index in [9.17, 15) is 9.59 Å². The number of piperidine rings is 1. The van der Waals surface area contributed by atoms with Gasteiger partial charge in [-0.3, -0.25) is 14.8 Å². The molecule has 0 radical (unpaired) electrons. The highest BCUT2D eigenvalue weighted by atomic mass is 16.6. The molecule has 1 N–H and O–H groups in total. The van der Waals surface area contributed by atoms with E-state index in [1.165, 1.54) is 5.56 Å². The molecule has 1 aromatic carbocycles. The molecular formula is C19H22N4O3. The van der Waals surface area contributed by atoms with Gasteiger partial charge in [0.2, 0.25) is 0 Å². The second-order valence-electron chi connectivity index (χ2n) is 6.84. The Labute approximate surface area is 151 Å². The van der Waals surface area contributed by atoms with Crippen LogP contribution in [0.2, 0.25) is 0 Å². The summed E-state index contributed by atoms with van der Waals surface area (Å²) in [4.78, 5) is 28.4. The highest BCUT2D eigenvalue weighted by molar-refractivity contribution is 5.93. The van der Waals surface area contributed by atoms with Gasteiger partial charge in [0.15, 0.2) is 0 Å². The number of aromatic amines is 1. The number of aromatic nitrogens is 2. The van der Waals surface area contributed by atoms with E-state index in [0.29, 0.717) is 25.3 Å². The summed E-state index contributed by atoms with van der Waals surface area (Å²) in [5, 5.41) is 6.50. The van der Waals surface area contributed by atoms with Crippen LogP contribution in [0.4, 0.5) is 4.79 Å². The first-order valence-corrected chi connectivity index (χ1v) is 8.99. The number of likely N-dealkylation sites (tertiary alicyclic amines) is 1. The maximum Gasteiger partial charge on any atom is 0.410 e.